The lowest BCUT2D eigenvalue weighted by molar-refractivity contribution is -0.189. The number of benzene rings is 3. The number of fused-ring (bicyclic) bond motifs is 1. The SMILES string of the molecule is CC(=O)c1ccc2c(OC(=O)C(F)(F)F)c(C(=O)NCc3ccc(Cl)c(Oc4cc(Cl)cc(C#N)c4)c3F)[nH]c2c1. The molecule has 210 valence electrons. The third kappa shape index (κ3) is 6.42. The van der Waals surface area contributed by atoms with Crippen molar-refractivity contribution < 1.29 is 41.4 Å². The lowest BCUT2D eigenvalue weighted by Crippen LogP contribution is -2.29. The second kappa shape index (κ2) is 11.5. The van der Waals surface area contributed by atoms with Gasteiger partial charge in [0.05, 0.1) is 22.2 Å². The van der Waals surface area contributed by atoms with Gasteiger partial charge < -0.3 is 19.8 Å². The number of nitriles is 1. The summed E-state index contributed by atoms with van der Waals surface area (Å²) in [5.74, 6) is -6.14. The van der Waals surface area contributed by atoms with Crippen LogP contribution in [-0.4, -0.2) is 28.8 Å². The van der Waals surface area contributed by atoms with Gasteiger partial charge in [0, 0.05) is 28.1 Å². The standard InChI is InChI=1S/C27H15Cl2F4N3O5/c1-12(37)14-2-4-18-20(8-14)36-22(23(18)41-26(39)27(31,32)33)25(38)35-11-15-3-5-19(29)24(21(15)30)40-17-7-13(10-34)6-16(28)9-17/h2-9,36H,11H2,1H3,(H,35,38). The van der Waals surface area contributed by atoms with Crippen LogP contribution in [0.1, 0.15) is 38.9 Å². The highest BCUT2D eigenvalue weighted by Crippen LogP contribution is 2.36. The molecule has 8 nitrogen and oxygen atoms in total. The van der Waals surface area contributed by atoms with E-state index in [1.165, 1.54) is 55.5 Å². The summed E-state index contributed by atoms with van der Waals surface area (Å²) in [6.45, 7) is 0.758. The zero-order valence-electron chi connectivity index (χ0n) is 20.6. The smallest absolute Gasteiger partial charge is 0.453 e. The fourth-order valence-electron chi connectivity index (χ4n) is 3.68. The van der Waals surface area contributed by atoms with Crippen molar-refractivity contribution in [3.63, 3.8) is 0 Å². The number of aromatic amines is 1. The van der Waals surface area contributed by atoms with Crippen LogP contribution in [0, 0.1) is 17.1 Å². The lowest BCUT2D eigenvalue weighted by atomic mass is 10.1. The van der Waals surface area contributed by atoms with Gasteiger partial charge in [-0.2, -0.15) is 18.4 Å². The summed E-state index contributed by atoms with van der Waals surface area (Å²) in [4.78, 5) is 38.9. The number of hydrogen-bond donors (Lipinski definition) is 2. The highest BCUT2D eigenvalue weighted by molar-refractivity contribution is 6.32. The third-order valence-corrected chi connectivity index (χ3v) is 6.12. The molecular formula is C27H15Cl2F4N3O5. The fraction of sp³-hybridized carbons (Fsp3) is 0.111. The molecule has 0 unspecified atom stereocenters. The second-order valence-electron chi connectivity index (χ2n) is 8.45. The van der Waals surface area contributed by atoms with Crippen LogP contribution in [0.3, 0.4) is 0 Å². The number of nitrogens with one attached hydrogen (secondary N) is 2. The molecule has 0 saturated heterocycles. The number of hydrogen-bond acceptors (Lipinski definition) is 6. The summed E-state index contributed by atoms with van der Waals surface area (Å²) in [5.41, 5.74) is -0.351. The summed E-state index contributed by atoms with van der Waals surface area (Å²) in [6.07, 6.45) is -5.36. The van der Waals surface area contributed by atoms with Gasteiger partial charge in [-0.25, -0.2) is 9.18 Å². The van der Waals surface area contributed by atoms with Crippen molar-refractivity contribution in [1.82, 2.24) is 10.3 Å². The number of ketones is 1. The van der Waals surface area contributed by atoms with Crippen LogP contribution in [0.4, 0.5) is 17.6 Å². The number of halogens is 6. The Morgan fingerprint density at radius 1 is 1.05 bits per heavy atom. The molecule has 0 aliphatic carbocycles. The van der Waals surface area contributed by atoms with Crippen LogP contribution >= 0.6 is 23.2 Å². The molecule has 41 heavy (non-hydrogen) atoms. The van der Waals surface area contributed by atoms with E-state index in [1.807, 2.05) is 6.07 Å². The highest BCUT2D eigenvalue weighted by atomic mass is 35.5. The van der Waals surface area contributed by atoms with E-state index < -0.39 is 47.6 Å². The van der Waals surface area contributed by atoms with E-state index in [-0.39, 0.29) is 49.2 Å². The number of amides is 1. The average molecular weight is 608 g/mol. The molecule has 0 saturated carbocycles. The lowest BCUT2D eigenvalue weighted by Gasteiger charge is -2.13. The molecule has 1 aromatic heterocycles. The van der Waals surface area contributed by atoms with Gasteiger partial charge in [-0.1, -0.05) is 35.3 Å². The van der Waals surface area contributed by atoms with Gasteiger partial charge in [-0.05, 0) is 43.3 Å². The Kier molecular flexibility index (Phi) is 8.23. The largest absolute Gasteiger partial charge is 0.491 e. The molecule has 0 atom stereocenters. The van der Waals surface area contributed by atoms with Crippen molar-refractivity contribution >= 4 is 51.8 Å². The van der Waals surface area contributed by atoms with Gasteiger partial charge in [0.1, 0.15) is 11.4 Å². The van der Waals surface area contributed by atoms with Gasteiger partial charge in [-0.15, -0.1) is 0 Å². The molecule has 14 heteroatoms. The molecule has 0 fully saturated rings. The van der Waals surface area contributed by atoms with E-state index in [1.54, 1.807) is 0 Å². The van der Waals surface area contributed by atoms with Crippen molar-refractivity contribution in [3.8, 4) is 23.3 Å². The number of nitrogens with zero attached hydrogens (tertiary/aromatic N) is 1. The minimum Gasteiger partial charge on any atom is -0.453 e. The van der Waals surface area contributed by atoms with Gasteiger partial charge in [-0.3, -0.25) is 9.59 Å². The second-order valence-corrected chi connectivity index (χ2v) is 9.30. The van der Waals surface area contributed by atoms with Crippen LogP contribution in [0.25, 0.3) is 10.9 Å². The number of esters is 1. The predicted molar refractivity (Wildman–Crippen MR) is 139 cm³/mol. The average Bonchev–Trinajstić information content (AvgIpc) is 3.27. The Balaban J connectivity index is 1.64. The molecule has 4 aromatic rings. The van der Waals surface area contributed by atoms with Crippen LogP contribution < -0.4 is 14.8 Å². The minimum atomic E-state index is -5.36. The summed E-state index contributed by atoms with van der Waals surface area (Å²) >= 11 is 12.0. The molecule has 4 rings (SSSR count). The Bertz CT molecular complexity index is 1760. The number of carbonyl (C=O) groups excluding carboxylic acids is 3. The van der Waals surface area contributed by atoms with E-state index in [0.29, 0.717) is 0 Å². The number of rotatable bonds is 7. The van der Waals surface area contributed by atoms with Crippen LogP contribution in [-0.2, 0) is 11.3 Å². The molecular weight excluding hydrogens is 593 g/mol. The molecule has 3 aromatic carbocycles. The van der Waals surface area contributed by atoms with Gasteiger partial charge in [0.25, 0.3) is 5.91 Å². The monoisotopic (exact) mass is 607 g/mol. The first-order chi connectivity index (χ1) is 19.3. The van der Waals surface area contributed by atoms with Gasteiger partial charge >= 0.3 is 12.1 Å². The number of Topliss-reactive ketones (excluding diaryl/α,β-unsaturated/α-hetero) is 1. The zero-order valence-corrected chi connectivity index (χ0v) is 22.1. The Hall–Kier alpha value is -4.60. The van der Waals surface area contributed by atoms with Gasteiger partial charge in [0.2, 0.25) is 0 Å². The van der Waals surface area contributed by atoms with E-state index in [0.717, 1.165) is 0 Å². The number of ether oxygens (including phenoxy) is 2. The number of alkyl halides is 3. The first-order valence-corrected chi connectivity index (χ1v) is 12.1. The van der Waals surface area contributed by atoms with E-state index in [4.69, 9.17) is 33.2 Å². The van der Waals surface area contributed by atoms with Gasteiger partial charge in [0.15, 0.2) is 23.1 Å². The Morgan fingerprint density at radius 3 is 2.44 bits per heavy atom. The zero-order chi connectivity index (χ0) is 30.1. The molecule has 1 heterocycles. The maximum atomic E-state index is 15.3. The molecule has 2 N–H and O–H groups in total. The first kappa shape index (κ1) is 29.4. The van der Waals surface area contributed by atoms with Crippen LogP contribution in [0.2, 0.25) is 10.0 Å². The summed E-state index contributed by atoms with van der Waals surface area (Å²) in [7, 11) is 0. The topological polar surface area (TPSA) is 121 Å². The molecule has 0 bridgehead atoms. The molecule has 1 amide bonds. The van der Waals surface area contributed by atoms with Crippen molar-refractivity contribution in [3.05, 3.63) is 86.8 Å². The van der Waals surface area contributed by atoms with Crippen LogP contribution in [0.5, 0.6) is 17.2 Å². The van der Waals surface area contributed by atoms with E-state index in [9.17, 15) is 27.6 Å². The molecule has 0 aliphatic heterocycles. The summed E-state index contributed by atoms with van der Waals surface area (Å²) in [5, 5.41) is 11.4. The maximum Gasteiger partial charge on any atom is 0.491 e. The number of carbonyl (C=O) groups is 3. The molecule has 0 aliphatic rings. The van der Waals surface area contributed by atoms with E-state index >= 15 is 4.39 Å². The molecule has 0 spiro atoms. The fourth-order valence-corrected chi connectivity index (χ4v) is 4.09. The van der Waals surface area contributed by atoms with Crippen molar-refractivity contribution in [2.24, 2.45) is 0 Å². The number of aromatic nitrogens is 1. The highest BCUT2D eigenvalue weighted by Gasteiger charge is 2.42. The Labute approximate surface area is 238 Å². The maximum absolute atomic E-state index is 15.3. The van der Waals surface area contributed by atoms with E-state index in [2.05, 4.69) is 15.0 Å². The van der Waals surface area contributed by atoms with Crippen LogP contribution in [0.15, 0.2) is 48.5 Å². The van der Waals surface area contributed by atoms with Crippen molar-refractivity contribution in [1.29, 1.82) is 5.26 Å². The quantitative estimate of drug-likeness (QED) is 0.134. The normalized spacial score (nSPS) is 11.2. The summed E-state index contributed by atoms with van der Waals surface area (Å²) in [6, 6.07) is 12.1. The number of H-pyrrole nitrogens is 1. The van der Waals surface area contributed by atoms with Crippen molar-refractivity contribution in [2.75, 3.05) is 0 Å². The Morgan fingerprint density at radius 2 is 1.78 bits per heavy atom. The first-order valence-electron chi connectivity index (χ1n) is 11.4. The third-order valence-electron chi connectivity index (χ3n) is 5.60. The minimum absolute atomic E-state index is 0.00941. The molecule has 0 radical (unpaired) electrons. The van der Waals surface area contributed by atoms with Crippen molar-refractivity contribution in [2.45, 2.75) is 19.6 Å². The predicted octanol–water partition coefficient (Wildman–Crippen LogP) is 6.88. The summed E-state index contributed by atoms with van der Waals surface area (Å²) < 4.78 is 64.1.